The van der Waals surface area contributed by atoms with Gasteiger partial charge in [0.25, 0.3) is 0 Å². The minimum absolute atomic E-state index is 0.0361. The van der Waals surface area contributed by atoms with Crippen molar-refractivity contribution in [2.75, 3.05) is 26.4 Å². The van der Waals surface area contributed by atoms with Crippen molar-refractivity contribution in [3.8, 4) is 0 Å². The maximum Gasteiger partial charge on any atom is 0.227 e. The molecule has 0 spiro atoms. The first-order valence-electron chi connectivity index (χ1n) is 6.40. The molecule has 17 heavy (non-hydrogen) atoms. The molecule has 1 amide bonds. The number of ether oxygens (including phenoxy) is 2. The number of carbonyl (C=O) groups excluding carboxylic acids is 1. The van der Waals surface area contributed by atoms with Gasteiger partial charge in [0.2, 0.25) is 5.91 Å². The molecule has 5 heteroatoms. The Morgan fingerprint density at radius 1 is 1.29 bits per heavy atom. The second kappa shape index (κ2) is 5.80. The van der Waals surface area contributed by atoms with Gasteiger partial charge in [0, 0.05) is 25.3 Å². The first-order chi connectivity index (χ1) is 8.18. The quantitative estimate of drug-likeness (QED) is 0.724. The maximum absolute atomic E-state index is 12.0. The van der Waals surface area contributed by atoms with Crippen LogP contribution in [-0.2, 0) is 14.3 Å². The lowest BCUT2D eigenvalue weighted by atomic mass is 9.92. The molecule has 98 valence electrons. The molecule has 3 unspecified atom stereocenters. The molecule has 2 heterocycles. The largest absolute Gasteiger partial charge is 0.381 e. The molecule has 2 rings (SSSR count). The molecule has 3 N–H and O–H groups in total. The third kappa shape index (κ3) is 3.18. The zero-order chi connectivity index (χ0) is 12.3. The Labute approximate surface area is 102 Å². The zero-order valence-corrected chi connectivity index (χ0v) is 10.4. The highest BCUT2D eigenvalue weighted by Crippen LogP contribution is 2.19. The minimum atomic E-state index is -0.183. The van der Waals surface area contributed by atoms with E-state index in [1.54, 1.807) is 0 Å². The lowest BCUT2D eigenvalue weighted by molar-refractivity contribution is -0.126. The van der Waals surface area contributed by atoms with Crippen LogP contribution < -0.4 is 11.1 Å². The van der Waals surface area contributed by atoms with Crippen molar-refractivity contribution in [2.24, 2.45) is 17.6 Å². The normalized spacial score (nSPS) is 32.4. The molecule has 2 saturated heterocycles. The van der Waals surface area contributed by atoms with Gasteiger partial charge in [0.15, 0.2) is 0 Å². The number of carbonyl (C=O) groups is 1. The van der Waals surface area contributed by atoms with E-state index in [0.29, 0.717) is 19.1 Å². The fourth-order valence-electron chi connectivity index (χ4n) is 2.51. The number of hydrogen-bond donors (Lipinski definition) is 2. The maximum atomic E-state index is 12.0. The molecular weight excluding hydrogens is 220 g/mol. The number of nitrogens with two attached hydrogens (primary N) is 1. The molecule has 2 aliphatic heterocycles. The lowest BCUT2D eigenvalue weighted by Crippen LogP contribution is -2.47. The molecule has 0 saturated carbocycles. The van der Waals surface area contributed by atoms with E-state index in [2.05, 4.69) is 12.2 Å². The number of amides is 1. The highest BCUT2D eigenvalue weighted by Gasteiger charge is 2.33. The predicted octanol–water partition coefficient (Wildman–Crippen LogP) is -0.109. The van der Waals surface area contributed by atoms with Gasteiger partial charge < -0.3 is 20.5 Å². The SMILES string of the molecule is CC(NC(=O)C1COCC1N)C1CCOCC1. The topological polar surface area (TPSA) is 73.6 Å². The molecule has 0 radical (unpaired) electrons. The molecule has 0 aromatic heterocycles. The second-order valence-electron chi connectivity index (χ2n) is 5.05. The average Bonchev–Trinajstić information content (AvgIpc) is 2.76. The van der Waals surface area contributed by atoms with Gasteiger partial charge in [0.1, 0.15) is 0 Å². The summed E-state index contributed by atoms with van der Waals surface area (Å²) >= 11 is 0. The summed E-state index contributed by atoms with van der Waals surface area (Å²) in [6.07, 6.45) is 2.04. The van der Waals surface area contributed by atoms with Crippen molar-refractivity contribution >= 4 is 5.91 Å². The summed E-state index contributed by atoms with van der Waals surface area (Å²) in [6.45, 7) is 4.61. The van der Waals surface area contributed by atoms with Crippen molar-refractivity contribution in [1.82, 2.24) is 5.32 Å². The predicted molar refractivity (Wildman–Crippen MR) is 63.4 cm³/mol. The van der Waals surface area contributed by atoms with Gasteiger partial charge in [-0.15, -0.1) is 0 Å². The lowest BCUT2D eigenvalue weighted by Gasteiger charge is -2.29. The van der Waals surface area contributed by atoms with Crippen LogP contribution in [0.4, 0.5) is 0 Å². The molecule has 2 fully saturated rings. The van der Waals surface area contributed by atoms with Gasteiger partial charge >= 0.3 is 0 Å². The third-order valence-electron chi connectivity index (χ3n) is 3.80. The molecule has 3 atom stereocenters. The van der Waals surface area contributed by atoms with E-state index in [1.807, 2.05) is 0 Å². The summed E-state index contributed by atoms with van der Waals surface area (Å²) in [5.41, 5.74) is 5.83. The molecule has 0 aliphatic carbocycles. The van der Waals surface area contributed by atoms with Gasteiger partial charge in [-0.1, -0.05) is 0 Å². The van der Waals surface area contributed by atoms with E-state index < -0.39 is 0 Å². The number of hydrogen-bond acceptors (Lipinski definition) is 4. The molecular formula is C12H22N2O3. The fraction of sp³-hybridized carbons (Fsp3) is 0.917. The Morgan fingerprint density at radius 2 is 2.00 bits per heavy atom. The highest BCUT2D eigenvalue weighted by atomic mass is 16.5. The van der Waals surface area contributed by atoms with Crippen LogP contribution in [-0.4, -0.2) is 44.4 Å². The summed E-state index contributed by atoms with van der Waals surface area (Å²) in [7, 11) is 0. The molecule has 5 nitrogen and oxygen atoms in total. The summed E-state index contributed by atoms with van der Waals surface area (Å²) < 4.78 is 10.5. The average molecular weight is 242 g/mol. The Kier molecular flexibility index (Phi) is 4.36. The Hall–Kier alpha value is -0.650. The number of nitrogens with one attached hydrogen (secondary N) is 1. The summed E-state index contributed by atoms with van der Waals surface area (Å²) in [5.74, 6) is 0.373. The molecule has 2 aliphatic rings. The van der Waals surface area contributed by atoms with Gasteiger partial charge in [0.05, 0.1) is 19.1 Å². The zero-order valence-electron chi connectivity index (χ0n) is 10.4. The van der Waals surface area contributed by atoms with Gasteiger partial charge in [-0.05, 0) is 25.7 Å². The van der Waals surface area contributed by atoms with Crippen LogP contribution in [0.1, 0.15) is 19.8 Å². The first kappa shape index (κ1) is 12.8. The van der Waals surface area contributed by atoms with Crippen molar-refractivity contribution in [1.29, 1.82) is 0 Å². The van der Waals surface area contributed by atoms with Crippen LogP contribution in [0, 0.1) is 11.8 Å². The van der Waals surface area contributed by atoms with E-state index in [9.17, 15) is 4.79 Å². The van der Waals surface area contributed by atoms with Gasteiger partial charge in [-0.25, -0.2) is 0 Å². The number of rotatable bonds is 3. The van der Waals surface area contributed by atoms with Crippen LogP contribution >= 0.6 is 0 Å². The highest BCUT2D eigenvalue weighted by molar-refractivity contribution is 5.80. The van der Waals surface area contributed by atoms with Crippen LogP contribution in [0.25, 0.3) is 0 Å². The summed E-state index contributed by atoms with van der Waals surface area (Å²) in [6, 6.07) is 0.0380. The van der Waals surface area contributed by atoms with E-state index in [1.165, 1.54) is 0 Å². The van der Waals surface area contributed by atoms with Crippen molar-refractivity contribution in [2.45, 2.75) is 31.8 Å². The molecule has 0 aromatic carbocycles. The Bertz CT molecular complexity index is 266. The monoisotopic (exact) mass is 242 g/mol. The van der Waals surface area contributed by atoms with Crippen molar-refractivity contribution in [3.63, 3.8) is 0 Å². The van der Waals surface area contributed by atoms with E-state index >= 15 is 0 Å². The Balaban J connectivity index is 1.80. The van der Waals surface area contributed by atoms with E-state index in [4.69, 9.17) is 15.2 Å². The third-order valence-corrected chi connectivity index (χ3v) is 3.80. The molecule has 0 bridgehead atoms. The first-order valence-corrected chi connectivity index (χ1v) is 6.40. The van der Waals surface area contributed by atoms with Gasteiger partial charge in [-0.2, -0.15) is 0 Å². The Morgan fingerprint density at radius 3 is 2.59 bits per heavy atom. The van der Waals surface area contributed by atoms with Crippen molar-refractivity contribution < 1.29 is 14.3 Å². The summed E-state index contributed by atoms with van der Waals surface area (Å²) in [4.78, 5) is 12.0. The summed E-state index contributed by atoms with van der Waals surface area (Å²) in [5, 5.41) is 3.07. The van der Waals surface area contributed by atoms with E-state index in [0.717, 1.165) is 26.1 Å². The van der Waals surface area contributed by atoms with E-state index in [-0.39, 0.29) is 23.9 Å². The molecule has 0 aromatic rings. The van der Waals surface area contributed by atoms with Gasteiger partial charge in [-0.3, -0.25) is 4.79 Å². The fourth-order valence-corrected chi connectivity index (χ4v) is 2.51. The van der Waals surface area contributed by atoms with Crippen LogP contribution in [0.15, 0.2) is 0 Å². The van der Waals surface area contributed by atoms with Crippen LogP contribution in [0.3, 0.4) is 0 Å². The van der Waals surface area contributed by atoms with Crippen molar-refractivity contribution in [3.05, 3.63) is 0 Å². The van der Waals surface area contributed by atoms with Crippen LogP contribution in [0.2, 0.25) is 0 Å². The minimum Gasteiger partial charge on any atom is -0.381 e. The smallest absolute Gasteiger partial charge is 0.227 e. The second-order valence-corrected chi connectivity index (χ2v) is 5.05. The van der Waals surface area contributed by atoms with Crippen LogP contribution in [0.5, 0.6) is 0 Å². The standard InChI is InChI=1S/C12H22N2O3/c1-8(9-2-4-16-5-3-9)14-12(15)10-6-17-7-11(10)13/h8-11H,2-7,13H2,1H3,(H,14,15).